The average molecular weight is 256 g/mol. The highest BCUT2D eigenvalue weighted by atomic mass is 35.5. The van der Waals surface area contributed by atoms with Gasteiger partial charge in [0.2, 0.25) is 6.54 Å². The predicted molar refractivity (Wildman–Crippen MR) is 66.0 cm³/mol. The number of carbonyl (C=O) groups is 1. The fourth-order valence-electron chi connectivity index (χ4n) is 1.60. The normalized spacial score (nSPS) is 11.2. The van der Waals surface area contributed by atoms with Crippen LogP contribution >= 0.6 is 11.6 Å². The molecule has 0 unspecified atom stereocenters. The summed E-state index contributed by atoms with van der Waals surface area (Å²) in [5.41, 5.74) is -0.156. The molecule has 0 aliphatic heterocycles. The number of nitrogens with zero attached hydrogens (tertiary/aromatic N) is 1. The molecule has 0 aromatic heterocycles. The van der Waals surface area contributed by atoms with E-state index in [1.165, 1.54) is 0 Å². The summed E-state index contributed by atoms with van der Waals surface area (Å²) in [7, 11) is 0. The van der Waals surface area contributed by atoms with Gasteiger partial charge in [-0.05, 0) is 12.1 Å². The maximum atomic E-state index is 11.9. The molecule has 4 nitrogen and oxygen atoms in total. The van der Waals surface area contributed by atoms with Crippen LogP contribution in [0.25, 0.3) is 0 Å². The number of Topliss-reactive ketones (excluding diaryl/α,β-unsaturated/α-hetero) is 1. The van der Waals surface area contributed by atoms with Crippen LogP contribution in [0, 0.1) is 15.5 Å². The van der Waals surface area contributed by atoms with E-state index < -0.39 is 10.3 Å². The van der Waals surface area contributed by atoms with Crippen LogP contribution in [0.5, 0.6) is 0 Å². The van der Waals surface area contributed by atoms with E-state index in [-0.39, 0.29) is 18.7 Å². The smallest absolute Gasteiger partial charge is 0.209 e. The molecule has 0 aliphatic carbocycles. The van der Waals surface area contributed by atoms with Crippen LogP contribution in [0.1, 0.15) is 30.6 Å². The van der Waals surface area contributed by atoms with E-state index in [2.05, 4.69) is 0 Å². The van der Waals surface area contributed by atoms with Gasteiger partial charge in [0.15, 0.2) is 5.78 Å². The zero-order chi connectivity index (χ0) is 13.1. The molecule has 0 aliphatic rings. The summed E-state index contributed by atoms with van der Waals surface area (Å²) < 4.78 is 0. The summed E-state index contributed by atoms with van der Waals surface area (Å²) in [6, 6.07) is 6.61. The zero-order valence-corrected chi connectivity index (χ0v) is 10.5. The highest BCUT2D eigenvalue weighted by Gasteiger charge is 2.28. The molecule has 0 saturated carbocycles. The number of nitro groups is 1. The Morgan fingerprint density at radius 3 is 2.65 bits per heavy atom. The number of hydrogen-bond acceptors (Lipinski definition) is 3. The van der Waals surface area contributed by atoms with Crippen molar-refractivity contribution in [3.8, 4) is 0 Å². The molecule has 0 N–H and O–H groups in total. The summed E-state index contributed by atoms with van der Waals surface area (Å²) in [5.74, 6) is -0.126. The number of benzene rings is 1. The fraction of sp³-hybridized carbons (Fsp3) is 0.417. The van der Waals surface area contributed by atoms with Crippen molar-refractivity contribution in [3.63, 3.8) is 0 Å². The molecule has 1 aromatic carbocycles. The molecular weight excluding hydrogens is 242 g/mol. The van der Waals surface area contributed by atoms with Crippen LogP contribution in [0.15, 0.2) is 24.3 Å². The van der Waals surface area contributed by atoms with Crippen LogP contribution in [-0.2, 0) is 0 Å². The quantitative estimate of drug-likeness (QED) is 0.461. The van der Waals surface area contributed by atoms with Gasteiger partial charge in [-0.1, -0.05) is 37.6 Å². The van der Waals surface area contributed by atoms with Gasteiger partial charge in [0, 0.05) is 27.3 Å². The molecule has 0 saturated heterocycles. The highest BCUT2D eigenvalue weighted by molar-refractivity contribution is 6.31. The van der Waals surface area contributed by atoms with Crippen LogP contribution in [-0.4, -0.2) is 17.3 Å². The van der Waals surface area contributed by atoms with Gasteiger partial charge in [-0.2, -0.15) is 0 Å². The minimum Gasteiger partial charge on any atom is -0.294 e. The Hall–Kier alpha value is -1.42. The first-order valence-electron chi connectivity index (χ1n) is 5.21. The van der Waals surface area contributed by atoms with Crippen molar-refractivity contribution in [1.29, 1.82) is 0 Å². The molecule has 1 aromatic rings. The van der Waals surface area contributed by atoms with E-state index >= 15 is 0 Å². The number of carbonyl (C=O) groups excluding carboxylic acids is 1. The maximum absolute atomic E-state index is 11.9. The van der Waals surface area contributed by atoms with Gasteiger partial charge in [0.25, 0.3) is 0 Å². The Morgan fingerprint density at radius 2 is 2.12 bits per heavy atom. The maximum Gasteiger partial charge on any atom is 0.209 e. The van der Waals surface area contributed by atoms with Crippen molar-refractivity contribution in [2.24, 2.45) is 5.41 Å². The van der Waals surface area contributed by atoms with E-state index in [1.54, 1.807) is 38.1 Å². The van der Waals surface area contributed by atoms with Crippen LogP contribution in [0.3, 0.4) is 0 Å². The Labute approximate surface area is 105 Å². The lowest BCUT2D eigenvalue weighted by molar-refractivity contribution is -0.495. The minimum absolute atomic E-state index is 0.126. The molecule has 0 spiro atoms. The van der Waals surface area contributed by atoms with E-state index in [0.717, 1.165) is 0 Å². The summed E-state index contributed by atoms with van der Waals surface area (Å²) >= 11 is 5.78. The van der Waals surface area contributed by atoms with Gasteiger partial charge >= 0.3 is 0 Å². The Kier molecular flexibility index (Phi) is 4.23. The Bertz CT molecular complexity index is 443. The summed E-state index contributed by atoms with van der Waals surface area (Å²) in [6.45, 7) is 3.19. The van der Waals surface area contributed by atoms with Crippen molar-refractivity contribution in [2.75, 3.05) is 6.54 Å². The lowest BCUT2D eigenvalue weighted by Crippen LogP contribution is -2.26. The van der Waals surface area contributed by atoms with Gasteiger partial charge < -0.3 is 0 Å². The molecule has 0 radical (unpaired) electrons. The second kappa shape index (κ2) is 5.27. The molecule has 0 amide bonds. The third-order valence-corrected chi connectivity index (χ3v) is 2.58. The molecular formula is C12H14ClNO3. The van der Waals surface area contributed by atoms with Crippen LogP contribution in [0.4, 0.5) is 0 Å². The first kappa shape index (κ1) is 13.6. The van der Waals surface area contributed by atoms with Crippen LogP contribution in [0.2, 0.25) is 5.02 Å². The van der Waals surface area contributed by atoms with Gasteiger partial charge in [-0.25, -0.2) is 0 Å². The standard InChI is InChI=1S/C12H14ClNO3/c1-12(2,8-14(16)17)7-11(15)9-4-3-5-10(13)6-9/h3-6H,7-8H2,1-2H3. The molecule has 17 heavy (non-hydrogen) atoms. The Balaban J connectivity index is 2.75. The van der Waals surface area contributed by atoms with Crippen molar-refractivity contribution in [3.05, 3.63) is 45.0 Å². The number of halogens is 1. The minimum atomic E-state index is -0.650. The van der Waals surface area contributed by atoms with Crippen LogP contribution < -0.4 is 0 Å². The predicted octanol–water partition coefficient (Wildman–Crippen LogP) is 3.22. The highest BCUT2D eigenvalue weighted by Crippen LogP contribution is 2.24. The molecule has 0 atom stereocenters. The first-order chi connectivity index (χ1) is 7.80. The van der Waals surface area contributed by atoms with Gasteiger partial charge in [0.05, 0.1) is 0 Å². The monoisotopic (exact) mass is 255 g/mol. The topological polar surface area (TPSA) is 60.2 Å². The number of hydrogen-bond donors (Lipinski definition) is 0. The summed E-state index contributed by atoms with van der Waals surface area (Å²) in [4.78, 5) is 22.0. The van der Waals surface area contributed by atoms with E-state index in [0.29, 0.717) is 10.6 Å². The molecule has 0 heterocycles. The van der Waals surface area contributed by atoms with Gasteiger partial charge in [0.1, 0.15) is 0 Å². The average Bonchev–Trinajstić information content (AvgIpc) is 2.14. The summed E-state index contributed by atoms with van der Waals surface area (Å²) in [5, 5.41) is 10.9. The van der Waals surface area contributed by atoms with Gasteiger partial charge in [-0.15, -0.1) is 0 Å². The first-order valence-corrected chi connectivity index (χ1v) is 5.58. The lowest BCUT2D eigenvalue weighted by Gasteiger charge is -2.18. The Morgan fingerprint density at radius 1 is 1.47 bits per heavy atom. The third kappa shape index (κ3) is 4.53. The van der Waals surface area contributed by atoms with E-state index in [9.17, 15) is 14.9 Å². The number of ketones is 1. The SMILES string of the molecule is CC(C)(CC(=O)c1cccc(Cl)c1)C[N+](=O)[O-]. The second-order valence-corrected chi connectivity index (χ2v) is 5.20. The summed E-state index contributed by atoms with van der Waals surface area (Å²) in [6.07, 6.45) is 0.133. The second-order valence-electron chi connectivity index (χ2n) is 4.77. The third-order valence-electron chi connectivity index (χ3n) is 2.34. The van der Waals surface area contributed by atoms with Crippen molar-refractivity contribution in [2.45, 2.75) is 20.3 Å². The van der Waals surface area contributed by atoms with Crippen molar-refractivity contribution in [1.82, 2.24) is 0 Å². The van der Waals surface area contributed by atoms with Crippen molar-refractivity contribution >= 4 is 17.4 Å². The molecule has 92 valence electrons. The molecule has 0 bridgehead atoms. The zero-order valence-electron chi connectivity index (χ0n) is 9.77. The molecule has 5 heteroatoms. The lowest BCUT2D eigenvalue weighted by atomic mass is 9.85. The molecule has 0 fully saturated rings. The van der Waals surface area contributed by atoms with Gasteiger partial charge in [-0.3, -0.25) is 14.9 Å². The largest absolute Gasteiger partial charge is 0.294 e. The number of rotatable bonds is 5. The van der Waals surface area contributed by atoms with E-state index in [4.69, 9.17) is 11.6 Å². The van der Waals surface area contributed by atoms with E-state index in [1.807, 2.05) is 0 Å². The molecule has 1 rings (SSSR count). The fourth-order valence-corrected chi connectivity index (χ4v) is 1.79. The van der Waals surface area contributed by atoms with Crippen molar-refractivity contribution < 1.29 is 9.72 Å².